The first kappa shape index (κ1) is 13.1. The summed E-state index contributed by atoms with van der Waals surface area (Å²) in [6.45, 7) is 9.32. The number of piperazine rings is 1. The molecule has 0 aromatic heterocycles. The second-order valence-corrected chi connectivity index (χ2v) is 6.59. The lowest BCUT2D eigenvalue weighted by Gasteiger charge is -2.47. The largest absolute Gasteiger partial charge is 0.305 e. The molecule has 0 spiro atoms. The first-order valence-electron chi connectivity index (χ1n) is 7.70. The smallest absolute Gasteiger partial charge is 0.0535 e. The van der Waals surface area contributed by atoms with E-state index in [9.17, 15) is 0 Å². The van der Waals surface area contributed by atoms with E-state index in [-0.39, 0.29) is 5.54 Å². The fourth-order valence-electron chi connectivity index (χ4n) is 3.54. The molecule has 1 aromatic rings. The van der Waals surface area contributed by atoms with Crippen LogP contribution in [0.5, 0.6) is 0 Å². The molecule has 0 amide bonds. The molecule has 1 saturated carbocycles. The maximum absolute atomic E-state index is 3.80. The van der Waals surface area contributed by atoms with Crippen molar-refractivity contribution < 1.29 is 0 Å². The molecule has 4 unspecified atom stereocenters. The number of benzene rings is 1. The number of hydrogen-bond donors (Lipinski definition) is 1. The van der Waals surface area contributed by atoms with Gasteiger partial charge in [0.15, 0.2) is 0 Å². The Morgan fingerprint density at radius 3 is 2.58 bits per heavy atom. The van der Waals surface area contributed by atoms with Crippen molar-refractivity contribution in [3.05, 3.63) is 35.9 Å². The molecule has 1 saturated heterocycles. The highest BCUT2D eigenvalue weighted by molar-refractivity contribution is 5.25. The molecule has 1 heterocycles. The van der Waals surface area contributed by atoms with Crippen LogP contribution in [0.15, 0.2) is 30.3 Å². The summed E-state index contributed by atoms with van der Waals surface area (Å²) >= 11 is 0. The van der Waals surface area contributed by atoms with Gasteiger partial charge in [-0.15, -0.1) is 0 Å². The third kappa shape index (κ3) is 2.44. The summed E-state index contributed by atoms with van der Waals surface area (Å²) in [6, 6.07) is 12.5. The van der Waals surface area contributed by atoms with E-state index in [1.807, 2.05) is 0 Å². The maximum Gasteiger partial charge on any atom is 0.0535 e. The van der Waals surface area contributed by atoms with Gasteiger partial charge in [0.25, 0.3) is 0 Å². The fourth-order valence-corrected chi connectivity index (χ4v) is 3.54. The second-order valence-electron chi connectivity index (χ2n) is 6.59. The first-order valence-corrected chi connectivity index (χ1v) is 7.70. The number of rotatable bonds is 3. The Labute approximate surface area is 117 Å². The summed E-state index contributed by atoms with van der Waals surface area (Å²) in [5, 5.41) is 3.80. The van der Waals surface area contributed by atoms with Crippen molar-refractivity contribution in [3.8, 4) is 0 Å². The SMILES string of the molecule is CCC1CNC(C)(c2ccccc2)CN1C1CC1C. The zero-order valence-electron chi connectivity index (χ0n) is 12.4. The van der Waals surface area contributed by atoms with Crippen LogP contribution in [0.1, 0.15) is 39.2 Å². The molecule has 4 atom stereocenters. The Kier molecular flexibility index (Phi) is 3.40. The van der Waals surface area contributed by atoms with Gasteiger partial charge in [0.05, 0.1) is 5.54 Å². The Hall–Kier alpha value is -0.860. The van der Waals surface area contributed by atoms with Gasteiger partial charge in [0, 0.05) is 25.2 Å². The summed E-state index contributed by atoms with van der Waals surface area (Å²) in [7, 11) is 0. The van der Waals surface area contributed by atoms with Gasteiger partial charge in [-0.2, -0.15) is 0 Å². The lowest BCUT2D eigenvalue weighted by molar-refractivity contribution is 0.0719. The Balaban J connectivity index is 1.81. The van der Waals surface area contributed by atoms with Crippen LogP contribution in [0.2, 0.25) is 0 Å². The highest BCUT2D eigenvalue weighted by atomic mass is 15.3. The Bertz CT molecular complexity index is 430. The molecular formula is C17H26N2. The van der Waals surface area contributed by atoms with E-state index in [4.69, 9.17) is 0 Å². The molecule has 1 aliphatic heterocycles. The Morgan fingerprint density at radius 2 is 2.00 bits per heavy atom. The molecular weight excluding hydrogens is 232 g/mol. The topological polar surface area (TPSA) is 15.3 Å². The molecule has 1 aromatic carbocycles. The summed E-state index contributed by atoms with van der Waals surface area (Å²) in [5.41, 5.74) is 1.53. The van der Waals surface area contributed by atoms with Crippen LogP contribution in [-0.4, -0.2) is 30.1 Å². The van der Waals surface area contributed by atoms with Gasteiger partial charge in [0.1, 0.15) is 0 Å². The average Bonchev–Trinajstić information content (AvgIpc) is 3.17. The summed E-state index contributed by atoms with van der Waals surface area (Å²) in [6.07, 6.45) is 2.64. The van der Waals surface area contributed by atoms with Crippen molar-refractivity contribution in [2.75, 3.05) is 13.1 Å². The van der Waals surface area contributed by atoms with E-state index in [1.165, 1.54) is 18.4 Å². The van der Waals surface area contributed by atoms with Gasteiger partial charge in [-0.25, -0.2) is 0 Å². The molecule has 104 valence electrons. The molecule has 1 aliphatic carbocycles. The quantitative estimate of drug-likeness (QED) is 0.896. The summed E-state index contributed by atoms with van der Waals surface area (Å²) < 4.78 is 0. The summed E-state index contributed by atoms with van der Waals surface area (Å²) in [5.74, 6) is 0.896. The van der Waals surface area contributed by atoms with Crippen LogP contribution in [0, 0.1) is 5.92 Å². The minimum atomic E-state index is 0.106. The van der Waals surface area contributed by atoms with E-state index < -0.39 is 0 Å². The third-order valence-corrected chi connectivity index (χ3v) is 5.07. The van der Waals surface area contributed by atoms with Gasteiger partial charge in [-0.1, -0.05) is 44.2 Å². The lowest BCUT2D eigenvalue weighted by atomic mass is 9.87. The molecule has 2 fully saturated rings. The molecule has 19 heavy (non-hydrogen) atoms. The zero-order valence-corrected chi connectivity index (χ0v) is 12.4. The molecule has 2 aliphatic rings. The van der Waals surface area contributed by atoms with Crippen molar-refractivity contribution in [1.29, 1.82) is 0 Å². The van der Waals surface area contributed by atoms with Crippen molar-refractivity contribution in [2.24, 2.45) is 5.92 Å². The van der Waals surface area contributed by atoms with Crippen LogP contribution >= 0.6 is 0 Å². The predicted molar refractivity (Wildman–Crippen MR) is 80.2 cm³/mol. The fraction of sp³-hybridized carbons (Fsp3) is 0.647. The molecule has 2 nitrogen and oxygen atoms in total. The minimum absolute atomic E-state index is 0.106. The normalized spacial score (nSPS) is 39.2. The van der Waals surface area contributed by atoms with Crippen molar-refractivity contribution in [1.82, 2.24) is 10.2 Å². The van der Waals surface area contributed by atoms with E-state index in [0.29, 0.717) is 6.04 Å². The maximum atomic E-state index is 3.80. The lowest BCUT2D eigenvalue weighted by Crippen LogP contribution is -2.61. The van der Waals surface area contributed by atoms with E-state index in [2.05, 4.69) is 61.3 Å². The molecule has 2 heteroatoms. The highest BCUT2D eigenvalue weighted by Crippen LogP contribution is 2.40. The van der Waals surface area contributed by atoms with E-state index in [0.717, 1.165) is 25.0 Å². The third-order valence-electron chi connectivity index (χ3n) is 5.07. The Morgan fingerprint density at radius 1 is 1.32 bits per heavy atom. The van der Waals surface area contributed by atoms with Gasteiger partial charge in [-0.05, 0) is 31.2 Å². The zero-order chi connectivity index (χ0) is 13.5. The minimum Gasteiger partial charge on any atom is -0.305 e. The van der Waals surface area contributed by atoms with Crippen molar-refractivity contribution in [2.45, 2.75) is 51.2 Å². The molecule has 0 radical (unpaired) electrons. The standard InChI is InChI=1S/C17H26N2/c1-4-15-11-18-17(3,14-8-6-5-7-9-14)12-19(15)16-10-13(16)2/h5-9,13,15-16,18H,4,10-12H2,1-3H3. The second kappa shape index (κ2) is 4.92. The van der Waals surface area contributed by atoms with Crippen LogP contribution in [-0.2, 0) is 5.54 Å². The molecule has 3 rings (SSSR count). The molecule has 0 bridgehead atoms. The number of hydrogen-bond acceptors (Lipinski definition) is 2. The first-order chi connectivity index (χ1) is 9.14. The van der Waals surface area contributed by atoms with Gasteiger partial charge in [0.2, 0.25) is 0 Å². The van der Waals surface area contributed by atoms with Crippen LogP contribution < -0.4 is 5.32 Å². The van der Waals surface area contributed by atoms with Gasteiger partial charge in [-0.3, -0.25) is 4.90 Å². The van der Waals surface area contributed by atoms with Crippen LogP contribution in [0.4, 0.5) is 0 Å². The monoisotopic (exact) mass is 258 g/mol. The van der Waals surface area contributed by atoms with Crippen LogP contribution in [0.25, 0.3) is 0 Å². The average molecular weight is 258 g/mol. The van der Waals surface area contributed by atoms with Crippen molar-refractivity contribution >= 4 is 0 Å². The van der Waals surface area contributed by atoms with Gasteiger partial charge >= 0.3 is 0 Å². The van der Waals surface area contributed by atoms with E-state index >= 15 is 0 Å². The summed E-state index contributed by atoms with van der Waals surface area (Å²) in [4.78, 5) is 2.77. The van der Waals surface area contributed by atoms with Gasteiger partial charge < -0.3 is 5.32 Å². The predicted octanol–water partition coefficient (Wildman–Crippen LogP) is 2.99. The van der Waals surface area contributed by atoms with Crippen molar-refractivity contribution in [3.63, 3.8) is 0 Å². The molecule has 1 N–H and O–H groups in total. The number of nitrogens with zero attached hydrogens (tertiary/aromatic N) is 1. The number of nitrogens with one attached hydrogen (secondary N) is 1. The highest BCUT2D eigenvalue weighted by Gasteiger charge is 2.46. The van der Waals surface area contributed by atoms with E-state index in [1.54, 1.807) is 0 Å². The van der Waals surface area contributed by atoms with Crippen LogP contribution in [0.3, 0.4) is 0 Å².